The molecule has 7 nitrogen and oxygen atoms in total. The minimum Gasteiger partial charge on any atom is -0.497 e. The molecular weight excluding hydrogens is 387 g/mol. The van der Waals surface area contributed by atoms with E-state index < -0.39 is 5.91 Å². The number of hydrogen-bond acceptors (Lipinski definition) is 4. The van der Waals surface area contributed by atoms with E-state index in [2.05, 4.69) is 10.4 Å². The molecule has 0 unspecified atom stereocenters. The second kappa shape index (κ2) is 8.36. The van der Waals surface area contributed by atoms with Crippen LogP contribution in [0.5, 0.6) is 5.75 Å². The highest BCUT2D eigenvalue weighted by Gasteiger charge is 2.26. The van der Waals surface area contributed by atoms with Crippen LogP contribution in [0, 0.1) is 5.82 Å². The summed E-state index contributed by atoms with van der Waals surface area (Å²) in [5.74, 6) is -0.216. The van der Waals surface area contributed by atoms with Crippen LogP contribution in [0.15, 0.2) is 54.6 Å². The zero-order chi connectivity index (χ0) is 21.1. The van der Waals surface area contributed by atoms with Gasteiger partial charge in [0.05, 0.1) is 7.11 Å². The second-order valence-electron chi connectivity index (χ2n) is 7.03. The van der Waals surface area contributed by atoms with Gasteiger partial charge < -0.3 is 15.0 Å². The van der Waals surface area contributed by atoms with E-state index in [1.807, 2.05) is 0 Å². The van der Waals surface area contributed by atoms with Crippen LogP contribution in [0.2, 0.25) is 0 Å². The Morgan fingerprint density at radius 3 is 2.57 bits per heavy atom. The molecule has 0 saturated carbocycles. The van der Waals surface area contributed by atoms with Crippen molar-refractivity contribution in [3.05, 3.63) is 77.4 Å². The topological polar surface area (TPSA) is 76.5 Å². The minimum atomic E-state index is -0.390. The van der Waals surface area contributed by atoms with Gasteiger partial charge in [-0.25, -0.2) is 4.39 Å². The third kappa shape index (κ3) is 4.17. The average Bonchev–Trinajstić information content (AvgIpc) is 3.13. The summed E-state index contributed by atoms with van der Waals surface area (Å²) in [6, 6.07) is 14.6. The summed E-state index contributed by atoms with van der Waals surface area (Å²) in [6.07, 6.45) is 0.709. The van der Waals surface area contributed by atoms with Crippen LogP contribution in [0.3, 0.4) is 0 Å². The number of nitrogens with one attached hydrogen (secondary N) is 1. The molecule has 1 aromatic heterocycles. The Balaban J connectivity index is 1.50. The molecule has 8 heteroatoms. The van der Waals surface area contributed by atoms with Gasteiger partial charge in [-0.2, -0.15) is 5.10 Å². The second-order valence-corrected chi connectivity index (χ2v) is 7.03. The van der Waals surface area contributed by atoms with Crippen molar-refractivity contribution in [3.63, 3.8) is 0 Å². The molecule has 154 valence electrons. The fraction of sp³-hybridized carbons (Fsp3) is 0.227. The first kappa shape index (κ1) is 19.6. The van der Waals surface area contributed by atoms with Crippen molar-refractivity contribution >= 4 is 17.5 Å². The first-order chi connectivity index (χ1) is 14.5. The van der Waals surface area contributed by atoms with E-state index in [0.29, 0.717) is 43.2 Å². The van der Waals surface area contributed by atoms with Crippen molar-refractivity contribution in [2.45, 2.75) is 19.5 Å². The maximum atomic E-state index is 13.1. The number of carbonyl (C=O) groups is 2. The SMILES string of the molecule is COc1ccc(NC(=O)c2cc3n(n2)CCCN(Cc2ccc(F)cc2)C3=O)cc1. The molecule has 0 spiro atoms. The Bertz CT molecular complexity index is 1060. The maximum Gasteiger partial charge on any atom is 0.276 e. The van der Waals surface area contributed by atoms with Gasteiger partial charge in [0.1, 0.15) is 17.3 Å². The van der Waals surface area contributed by atoms with Gasteiger partial charge in [0.25, 0.3) is 11.8 Å². The summed E-state index contributed by atoms with van der Waals surface area (Å²) in [7, 11) is 1.57. The Labute approximate surface area is 173 Å². The normalized spacial score (nSPS) is 13.5. The van der Waals surface area contributed by atoms with Crippen molar-refractivity contribution in [2.24, 2.45) is 0 Å². The highest BCUT2D eigenvalue weighted by atomic mass is 19.1. The summed E-state index contributed by atoms with van der Waals surface area (Å²) in [5, 5.41) is 7.10. The highest BCUT2D eigenvalue weighted by molar-refractivity contribution is 6.04. The molecule has 0 saturated heterocycles. The molecule has 3 aromatic rings. The summed E-state index contributed by atoms with van der Waals surface area (Å²) in [5.41, 5.74) is 2.00. The number of rotatable bonds is 5. The molecule has 0 bridgehead atoms. The highest BCUT2D eigenvalue weighted by Crippen LogP contribution is 2.19. The number of carbonyl (C=O) groups excluding carboxylic acids is 2. The number of methoxy groups -OCH3 is 1. The first-order valence-electron chi connectivity index (χ1n) is 9.60. The number of nitrogens with zero attached hydrogens (tertiary/aromatic N) is 3. The van der Waals surface area contributed by atoms with Crippen LogP contribution in [-0.4, -0.2) is 40.1 Å². The number of ether oxygens (including phenoxy) is 1. The van der Waals surface area contributed by atoms with Crippen LogP contribution in [0.25, 0.3) is 0 Å². The Kier molecular flexibility index (Phi) is 5.47. The minimum absolute atomic E-state index is 0.179. The van der Waals surface area contributed by atoms with Gasteiger partial charge in [0.2, 0.25) is 0 Å². The molecule has 0 radical (unpaired) electrons. The van der Waals surface area contributed by atoms with E-state index in [1.165, 1.54) is 18.2 Å². The number of benzene rings is 2. The fourth-order valence-electron chi connectivity index (χ4n) is 3.38. The summed E-state index contributed by atoms with van der Waals surface area (Å²) < 4.78 is 19.8. The Morgan fingerprint density at radius 2 is 1.87 bits per heavy atom. The lowest BCUT2D eigenvalue weighted by Gasteiger charge is -2.20. The van der Waals surface area contributed by atoms with Crippen LogP contribution in [0.1, 0.15) is 33.0 Å². The quantitative estimate of drug-likeness (QED) is 0.703. The molecule has 0 aliphatic carbocycles. The predicted molar refractivity (Wildman–Crippen MR) is 109 cm³/mol. The van der Waals surface area contributed by atoms with Gasteiger partial charge in [0, 0.05) is 31.4 Å². The largest absolute Gasteiger partial charge is 0.497 e. The number of aryl methyl sites for hydroxylation is 1. The van der Waals surface area contributed by atoms with E-state index in [4.69, 9.17) is 4.74 Å². The van der Waals surface area contributed by atoms with Crippen molar-refractivity contribution in [1.29, 1.82) is 0 Å². The lowest BCUT2D eigenvalue weighted by atomic mass is 10.2. The third-order valence-corrected chi connectivity index (χ3v) is 4.95. The van der Waals surface area contributed by atoms with E-state index in [9.17, 15) is 14.0 Å². The van der Waals surface area contributed by atoms with Crippen LogP contribution in [0.4, 0.5) is 10.1 Å². The lowest BCUT2D eigenvalue weighted by Crippen LogP contribution is -2.30. The van der Waals surface area contributed by atoms with Gasteiger partial charge in [-0.3, -0.25) is 14.3 Å². The summed E-state index contributed by atoms with van der Waals surface area (Å²) >= 11 is 0. The van der Waals surface area contributed by atoms with Crippen molar-refractivity contribution < 1.29 is 18.7 Å². The average molecular weight is 408 g/mol. The molecule has 1 aliphatic rings. The monoisotopic (exact) mass is 408 g/mol. The molecule has 1 aliphatic heterocycles. The number of hydrogen-bond donors (Lipinski definition) is 1. The predicted octanol–water partition coefficient (Wildman–Crippen LogP) is 3.33. The van der Waals surface area contributed by atoms with Gasteiger partial charge >= 0.3 is 0 Å². The Morgan fingerprint density at radius 1 is 1.13 bits per heavy atom. The molecule has 0 atom stereocenters. The molecule has 2 amide bonds. The standard InChI is InChI=1S/C22H21FN4O3/c1-30-18-9-7-17(8-10-18)24-21(28)19-13-20-22(29)26(11-2-12-27(20)25-19)14-15-3-5-16(23)6-4-15/h3-10,13H,2,11-12,14H2,1H3,(H,24,28). The molecule has 2 aromatic carbocycles. The Hall–Kier alpha value is -3.68. The summed E-state index contributed by atoms with van der Waals surface area (Å²) in [4.78, 5) is 27.3. The van der Waals surface area contributed by atoms with E-state index in [1.54, 1.807) is 53.1 Å². The molecule has 2 heterocycles. The molecule has 1 N–H and O–H groups in total. The smallest absolute Gasteiger partial charge is 0.276 e. The third-order valence-electron chi connectivity index (χ3n) is 4.95. The van der Waals surface area contributed by atoms with Gasteiger partial charge in [-0.1, -0.05) is 12.1 Å². The zero-order valence-corrected chi connectivity index (χ0v) is 16.5. The van der Waals surface area contributed by atoms with E-state index >= 15 is 0 Å². The van der Waals surface area contributed by atoms with Gasteiger partial charge in [-0.05, 0) is 48.4 Å². The van der Waals surface area contributed by atoms with Crippen LogP contribution >= 0.6 is 0 Å². The number of fused-ring (bicyclic) bond motifs is 1. The van der Waals surface area contributed by atoms with E-state index in [-0.39, 0.29) is 17.4 Å². The van der Waals surface area contributed by atoms with Crippen molar-refractivity contribution in [2.75, 3.05) is 19.0 Å². The van der Waals surface area contributed by atoms with Crippen molar-refractivity contribution in [1.82, 2.24) is 14.7 Å². The summed E-state index contributed by atoms with van der Waals surface area (Å²) in [6.45, 7) is 1.47. The molecular formula is C22H21FN4O3. The number of anilines is 1. The fourth-order valence-corrected chi connectivity index (χ4v) is 3.38. The number of aromatic nitrogens is 2. The van der Waals surface area contributed by atoms with Gasteiger partial charge in [0.15, 0.2) is 5.69 Å². The van der Waals surface area contributed by atoms with Gasteiger partial charge in [-0.15, -0.1) is 0 Å². The molecule has 30 heavy (non-hydrogen) atoms. The van der Waals surface area contributed by atoms with Crippen LogP contribution < -0.4 is 10.1 Å². The van der Waals surface area contributed by atoms with Crippen LogP contribution in [-0.2, 0) is 13.1 Å². The maximum absolute atomic E-state index is 13.1. The molecule has 0 fully saturated rings. The first-order valence-corrected chi connectivity index (χ1v) is 9.60. The zero-order valence-electron chi connectivity index (χ0n) is 16.5. The number of halogens is 1. The molecule has 4 rings (SSSR count). The number of amides is 2. The van der Waals surface area contributed by atoms with Crippen molar-refractivity contribution in [3.8, 4) is 5.75 Å². The van der Waals surface area contributed by atoms with E-state index in [0.717, 1.165) is 5.56 Å². The lowest BCUT2D eigenvalue weighted by molar-refractivity contribution is 0.0745.